The summed E-state index contributed by atoms with van der Waals surface area (Å²) in [6.07, 6.45) is 0.642. The van der Waals surface area contributed by atoms with Gasteiger partial charge < -0.3 is 10.4 Å². The van der Waals surface area contributed by atoms with Crippen molar-refractivity contribution in [2.45, 2.75) is 6.42 Å². The standard InChI is InChI=1S/C21H16ClNO3/c22-19-13-16(10-11-18(19)21(25)26)23-20(24)17-9-5-4-8-15(17)12-14-6-2-1-3-7-14/h1-11,13H,12H2,(H,23,24)(H,25,26). The van der Waals surface area contributed by atoms with Crippen LogP contribution in [0.15, 0.2) is 72.8 Å². The zero-order chi connectivity index (χ0) is 18.5. The molecule has 0 saturated heterocycles. The molecular weight excluding hydrogens is 350 g/mol. The van der Waals surface area contributed by atoms with Crippen LogP contribution in [-0.4, -0.2) is 17.0 Å². The zero-order valence-electron chi connectivity index (χ0n) is 13.8. The first-order valence-corrected chi connectivity index (χ1v) is 8.38. The summed E-state index contributed by atoms with van der Waals surface area (Å²) in [6.45, 7) is 0. The molecule has 0 saturated carbocycles. The third-order valence-electron chi connectivity index (χ3n) is 3.96. The lowest BCUT2D eigenvalue weighted by atomic mass is 9.99. The molecule has 0 aromatic heterocycles. The van der Waals surface area contributed by atoms with Gasteiger partial charge in [0.1, 0.15) is 0 Å². The lowest BCUT2D eigenvalue weighted by Gasteiger charge is -2.11. The smallest absolute Gasteiger partial charge is 0.337 e. The van der Waals surface area contributed by atoms with Gasteiger partial charge in [-0.25, -0.2) is 4.79 Å². The van der Waals surface area contributed by atoms with Gasteiger partial charge in [0.15, 0.2) is 0 Å². The monoisotopic (exact) mass is 365 g/mol. The summed E-state index contributed by atoms with van der Waals surface area (Å²) in [5.41, 5.74) is 3.02. The van der Waals surface area contributed by atoms with Crippen molar-refractivity contribution < 1.29 is 14.7 Å². The maximum absolute atomic E-state index is 12.7. The Hall–Kier alpha value is -3.11. The Morgan fingerprint density at radius 3 is 2.27 bits per heavy atom. The number of halogens is 1. The Kier molecular flexibility index (Phi) is 5.34. The minimum Gasteiger partial charge on any atom is -0.478 e. The second kappa shape index (κ2) is 7.85. The minimum absolute atomic E-state index is 0.00542. The molecule has 0 aliphatic rings. The quantitative estimate of drug-likeness (QED) is 0.677. The van der Waals surface area contributed by atoms with Crippen molar-refractivity contribution in [1.29, 1.82) is 0 Å². The van der Waals surface area contributed by atoms with Gasteiger partial charge in [0.2, 0.25) is 0 Å². The van der Waals surface area contributed by atoms with E-state index in [0.29, 0.717) is 17.7 Å². The zero-order valence-corrected chi connectivity index (χ0v) is 14.5. The number of carboxylic acids is 1. The van der Waals surface area contributed by atoms with Gasteiger partial charge in [-0.15, -0.1) is 0 Å². The van der Waals surface area contributed by atoms with Gasteiger partial charge in [0.05, 0.1) is 10.6 Å². The molecule has 26 heavy (non-hydrogen) atoms. The van der Waals surface area contributed by atoms with Crippen LogP contribution in [0.25, 0.3) is 0 Å². The number of amides is 1. The van der Waals surface area contributed by atoms with Crippen molar-refractivity contribution >= 4 is 29.2 Å². The van der Waals surface area contributed by atoms with Gasteiger partial charge >= 0.3 is 5.97 Å². The SMILES string of the molecule is O=C(O)c1ccc(NC(=O)c2ccccc2Cc2ccccc2)cc1Cl. The number of rotatable bonds is 5. The second-order valence-electron chi connectivity index (χ2n) is 5.77. The number of carboxylic acid groups (broad SMARTS) is 1. The van der Waals surface area contributed by atoms with Crippen LogP contribution in [0.1, 0.15) is 31.8 Å². The van der Waals surface area contributed by atoms with Crippen LogP contribution in [0.4, 0.5) is 5.69 Å². The predicted octanol–water partition coefficient (Wildman–Crippen LogP) is 4.88. The van der Waals surface area contributed by atoms with Crippen molar-refractivity contribution in [2.24, 2.45) is 0 Å². The minimum atomic E-state index is -1.11. The van der Waals surface area contributed by atoms with Crippen LogP contribution in [0, 0.1) is 0 Å². The molecule has 0 fully saturated rings. The highest BCUT2D eigenvalue weighted by molar-refractivity contribution is 6.33. The van der Waals surface area contributed by atoms with E-state index < -0.39 is 5.97 Å². The van der Waals surface area contributed by atoms with E-state index in [0.717, 1.165) is 11.1 Å². The van der Waals surface area contributed by atoms with Crippen LogP contribution < -0.4 is 5.32 Å². The molecule has 1 amide bonds. The third-order valence-corrected chi connectivity index (χ3v) is 4.27. The van der Waals surface area contributed by atoms with E-state index >= 15 is 0 Å². The fraction of sp³-hybridized carbons (Fsp3) is 0.0476. The van der Waals surface area contributed by atoms with E-state index in [4.69, 9.17) is 16.7 Å². The summed E-state index contributed by atoms with van der Waals surface area (Å²) in [4.78, 5) is 23.7. The van der Waals surface area contributed by atoms with E-state index in [1.807, 2.05) is 48.5 Å². The Bertz CT molecular complexity index is 954. The van der Waals surface area contributed by atoms with Gasteiger partial charge in [-0.3, -0.25) is 4.79 Å². The molecule has 0 heterocycles. The molecule has 0 spiro atoms. The molecule has 0 unspecified atom stereocenters. The van der Waals surface area contributed by atoms with Gasteiger partial charge in [0.25, 0.3) is 5.91 Å². The Balaban J connectivity index is 1.82. The van der Waals surface area contributed by atoms with E-state index in [-0.39, 0.29) is 16.5 Å². The molecule has 0 atom stereocenters. The van der Waals surface area contributed by atoms with Crippen LogP contribution in [-0.2, 0) is 6.42 Å². The molecule has 5 heteroatoms. The summed E-state index contributed by atoms with van der Waals surface area (Å²) in [5, 5.41) is 11.9. The maximum Gasteiger partial charge on any atom is 0.337 e. The van der Waals surface area contributed by atoms with Crippen LogP contribution in [0.5, 0.6) is 0 Å². The summed E-state index contributed by atoms with van der Waals surface area (Å²) >= 11 is 5.96. The first-order chi connectivity index (χ1) is 12.5. The summed E-state index contributed by atoms with van der Waals surface area (Å²) in [7, 11) is 0. The first-order valence-electron chi connectivity index (χ1n) is 8.00. The number of anilines is 1. The molecule has 3 aromatic carbocycles. The number of carbonyl (C=O) groups excluding carboxylic acids is 1. The van der Waals surface area contributed by atoms with E-state index in [1.165, 1.54) is 18.2 Å². The summed E-state index contributed by atoms with van der Waals surface area (Å²) in [6, 6.07) is 21.6. The second-order valence-corrected chi connectivity index (χ2v) is 6.18. The molecule has 0 radical (unpaired) electrons. The van der Waals surface area contributed by atoms with Crippen molar-refractivity contribution in [3.63, 3.8) is 0 Å². The number of hydrogen-bond donors (Lipinski definition) is 2. The highest BCUT2D eigenvalue weighted by Gasteiger charge is 2.14. The average molecular weight is 366 g/mol. The van der Waals surface area contributed by atoms with Crippen molar-refractivity contribution in [1.82, 2.24) is 0 Å². The molecule has 4 nitrogen and oxygen atoms in total. The molecular formula is C21H16ClNO3. The van der Waals surface area contributed by atoms with Crippen molar-refractivity contribution in [3.05, 3.63) is 100 Å². The highest BCUT2D eigenvalue weighted by Crippen LogP contribution is 2.22. The molecule has 3 rings (SSSR count). The summed E-state index contributed by atoms with van der Waals surface area (Å²) in [5.74, 6) is -1.38. The molecule has 0 bridgehead atoms. The third kappa shape index (κ3) is 4.10. The molecule has 3 aromatic rings. The normalized spacial score (nSPS) is 10.3. The fourth-order valence-electron chi connectivity index (χ4n) is 2.68. The van der Waals surface area contributed by atoms with Gasteiger partial charge in [-0.2, -0.15) is 0 Å². The fourth-order valence-corrected chi connectivity index (χ4v) is 2.94. The Labute approximate surface area is 156 Å². The topological polar surface area (TPSA) is 66.4 Å². The van der Waals surface area contributed by atoms with Gasteiger partial charge in [-0.1, -0.05) is 60.1 Å². The lowest BCUT2D eigenvalue weighted by Crippen LogP contribution is -2.14. The number of hydrogen-bond acceptors (Lipinski definition) is 2. The number of benzene rings is 3. The molecule has 2 N–H and O–H groups in total. The Morgan fingerprint density at radius 2 is 1.58 bits per heavy atom. The van der Waals surface area contributed by atoms with E-state index in [9.17, 15) is 9.59 Å². The molecule has 0 aliphatic heterocycles. The van der Waals surface area contributed by atoms with Crippen LogP contribution >= 0.6 is 11.6 Å². The van der Waals surface area contributed by atoms with Crippen molar-refractivity contribution in [3.8, 4) is 0 Å². The number of aromatic carboxylic acids is 1. The van der Waals surface area contributed by atoms with Crippen molar-refractivity contribution in [2.75, 3.05) is 5.32 Å². The van der Waals surface area contributed by atoms with Crippen LogP contribution in [0.3, 0.4) is 0 Å². The molecule has 0 aliphatic carbocycles. The van der Waals surface area contributed by atoms with E-state index in [2.05, 4.69) is 5.32 Å². The first kappa shape index (κ1) is 17.7. The van der Waals surface area contributed by atoms with E-state index in [1.54, 1.807) is 6.07 Å². The number of nitrogens with one attached hydrogen (secondary N) is 1. The maximum atomic E-state index is 12.7. The number of carbonyl (C=O) groups is 2. The Morgan fingerprint density at radius 1 is 0.885 bits per heavy atom. The largest absolute Gasteiger partial charge is 0.478 e. The predicted molar refractivity (Wildman–Crippen MR) is 102 cm³/mol. The average Bonchev–Trinajstić information content (AvgIpc) is 2.62. The lowest BCUT2D eigenvalue weighted by molar-refractivity contribution is 0.0697. The molecule has 130 valence electrons. The van der Waals surface area contributed by atoms with Crippen LogP contribution in [0.2, 0.25) is 5.02 Å². The van der Waals surface area contributed by atoms with Gasteiger partial charge in [0, 0.05) is 11.3 Å². The summed E-state index contributed by atoms with van der Waals surface area (Å²) < 4.78 is 0. The highest BCUT2D eigenvalue weighted by atomic mass is 35.5. The van der Waals surface area contributed by atoms with Gasteiger partial charge in [-0.05, 0) is 41.8 Å².